The van der Waals surface area contributed by atoms with Crippen molar-refractivity contribution < 1.29 is 0 Å². The third-order valence-corrected chi connectivity index (χ3v) is 4.28. The summed E-state index contributed by atoms with van der Waals surface area (Å²) in [5.41, 5.74) is 3.93. The minimum absolute atomic E-state index is 0.212. The molecule has 0 saturated heterocycles. The summed E-state index contributed by atoms with van der Waals surface area (Å²) in [7, 11) is 0. The highest BCUT2D eigenvalue weighted by molar-refractivity contribution is 5.86. The topological polar surface area (TPSA) is 82.4 Å². The molecule has 4 rings (SSSR count). The molecule has 0 radical (unpaired) electrons. The summed E-state index contributed by atoms with van der Waals surface area (Å²) >= 11 is 0. The minimum Gasteiger partial charge on any atom is -0.328 e. The Labute approximate surface area is 155 Å². The highest BCUT2D eigenvalue weighted by Gasteiger charge is 2.14. The Kier molecular flexibility index (Phi) is 4.30. The van der Waals surface area contributed by atoms with E-state index in [-0.39, 0.29) is 5.56 Å². The fraction of sp³-hybridized carbons (Fsp3) is 0. The van der Waals surface area contributed by atoms with E-state index in [1.165, 1.54) is 0 Å². The third-order valence-electron chi connectivity index (χ3n) is 4.28. The second-order valence-electron chi connectivity index (χ2n) is 5.91. The van der Waals surface area contributed by atoms with E-state index in [1.807, 2.05) is 42.5 Å². The number of nitrogens with zero attached hydrogens (tertiary/aromatic N) is 3. The highest BCUT2D eigenvalue weighted by Crippen LogP contribution is 2.33. The van der Waals surface area contributed by atoms with Crippen LogP contribution >= 0.6 is 0 Å². The zero-order valence-electron chi connectivity index (χ0n) is 14.3. The predicted molar refractivity (Wildman–Crippen MR) is 104 cm³/mol. The highest BCUT2D eigenvalue weighted by atomic mass is 16.1. The summed E-state index contributed by atoms with van der Waals surface area (Å²) in [5.74, 6) is 0.532. The van der Waals surface area contributed by atoms with Crippen LogP contribution in [0.3, 0.4) is 0 Å². The number of pyridine rings is 1. The van der Waals surface area contributed by atoms with Crippen molar-refractivity contribution in [3.63, 3.8) is 0 Å². The Hall–Kier alpha value is -4.04. The number of hydrogen-bond donors (Lipinski definition) is 1. The SMILES string of the molecule is N#Cc1ccccc1-c1ccccc1-c1cc(-c2ncccn2)c[nH]c1=O. The Balaban J connectivity index is 1.94. The lowest BCUT2D eigenvalue weighted by molar-refractivity contribution is 1.15. The van der Waals surface area contributed by atoms with Crippen LogP contribution in [0.2, 0.25) is 0 Å². The fourth-order valence-electron chi connectivity index (χ4n) is 3.03. The molecule has 1 N–H and O–H groups in total. The monoisotopic (exact) mass is 350 g/mol. The molecule has 0 unspecified atom stereocenters. The van der Waals surface area contributed by atoms with Crippen molar-refractivity contribution >= 4 is 0 Å². The molecular weight excluding hydrogens is 336 g/mol. The maximum atomic E-state index is 12.6. The molecule has 0 spiro atoms. The summed E-state index contributed by atoms with van der Waals surface area (Å²) in [6.07, 6.45) is 4.92. The normalized spacial score (nSPS) is 10.3. The number of rotatable bonds is 3. The fourth-order valence-corrected chi connectivity index (χ4v) is 3.03. The van der Waals surface area contributed by atoms with E-state index in [1.54, 1.807) is 36.8 Å². The van der Waals surface area contributed by atoms with Crippen LogP contribution in [0.15, 0.2) is 84.0 Å². The van der Waals surface area contributed by atoms with Gasteiger partial charge < -0.3 is 4.98 Å². The molecule has 2 aromatic carbocycles. The van der Waals surface area contributed by atoms with Gasteiger partial charge in [0.05, 0.1) is 11.6 Å². The van der Waals surface area contributed by atoms with Crippen molar-refractivity contribution in [3.8, 4) is 39.7 Å². The van der Waals surface area contributed by atoms with Crippen LogP contribution in [-0.4, -0.2) is 15.0 Å². The van der Waals surface area contributed by atoms with Crippen molar-refractivity contribution in [2.24, 2.45) is 0 Å². The van der Waals surface area contributed by atoms with Gasteiger partial charge in [-0.2, -0.15) is 5.26 Å². The Morgan fingerprint density at radius 3 is 2.15 bits per heavy atom. The van der Waals surface area contributed by atoms with Gasteiger partial charge in [0.1, 0.15) is 0 Å². The average molecular weight is 350 g/mol. The standard InChI is InChI=1S/C22H14N4O/c23-13-15-6-1-2-7-17(15)18-8-3-4-9-19(18)20-12-16(14-26-22(20)27)21-24-10-5-11-25-21/h1-12,14H,(H,26,27). The lowest BCUT2D eigenvalue weighted by Crippen LogP contribution is -2.09. The first-order valence-corrected chi connectivity index (χ1v) is 8.37. The van der Waals surface area contributed by atoms with Crippen molar-refractivity contribution in [1.29, 1.82) is 5.26 Å². The van der Waals surface area contributed by atoms with Crippen molar-refractivity contribution in [1.82, 2.24) is 15.0 Å². The van der Waals surface area contributed by atoms with Crippen molar-refractivity contribution in [2.75, 3.05) is 0 Å². The van der Waals surface area contributed by atoms with E-state index in [2.05, 4.69) is 21.0 Å². The van der Waals surface area contributed by atoms with E-state index in [9.17, 15) is 10.1 Å². The predicted octanol–water partition coefficient (Wildman–Crippen LogP) is 4.04. The lowest BCUT2D eigenvalue weighted by Gasteiger charge is -2.11. The maximum Gasteiger partial charge on any atom is 0.255 e. The van der Waals surface area contributed by atoms with Gasteiger partial charge in [0.2, 0.25) is 0 Å². The summed E-state index contributed by atoms with van der Waals surface area (Å²) in [6, 6.07) is 20.7. The second kappa shape index (κ2) is 7.06. The lowest BCUT2D eigenvalue weighted by atomic mass is 9.92. The van der Waals surface area contributed by atoms with Crippen LogP contribution in [0.25, 0.3) is 33.6 Å². The van der Waals surface area contributed by atoms with Crippen LogP contribution in [-0.2, 0) is 0 Å². The van der Waals surface area contributed by atoms with Gasteiger partial charge in [-0.1, -0.05) is 42.5 Å². The first-order chi connectivity index (χ1) is 13.3. The molecule has 27 heavy (non-hydrogen) atoms. The molecule has 0 atom stereocenters. The number of hydrogen-bond acceptors (Lipinski definition) is 4. The van der Waals surface area contributed by atoms with Crippen LogP contribution in [0.4, 0.5) is 0 Å². The van der Waals surface area contributed by atoms with Gasteiger partial charge >= 0.3 is 0 Å². The molecule has 0 fully saturated rings. The summed E-state index contributed by atoms with van der Waals surface area (Å²) in [6.45, 7) is 0. The quantitative estimate of drug-likeness (QED) is 0.604. The number of aromatic nitrogens is 3. The van der Waals surface area contributed by atoms with Gasteiger partial charge in [0.15, 0.2) is 5.82 Å². The van der Waals surface area contributed by atoms with E-state index >= 15 is 0 Å². The Morgan fingerprint density at radius 2 is 1.44 bits per heavy atom. The molecule has 5 nitrogen and oxygen atoms in total. The van der Waals surface area contributed by atoms with Crippen LogP contribution in [0.1, 0.15) is 5.56 Å². The van der Waals surface area contributed by atoms with E-state index in [0.717, 1.165) is 16.7 Å². The third kappa shape index (κ3) is 3.12. The van der Waals surface area contributed by atoms with Crippen LogP contribution in [0.5, 0.6) is 0 Å². The molecule has 0 bridgehead atoms. The molecule has 128 valence electrons. The molecule has 0 aliphatic rings. The zero-order chi connectivity index (χ0) is 18.6. The van der Waals surface area contributed by atoms with Gasteiger partial charge in [-0.25, -0.2) is 9.97 Å². The van der Waals surface area contributed by atoms with Crippen molar-refractivity contribution in [2.45, 2.75) is 0 Å². The zero-order valence-corrected chi connectivity index (χ0v) is 14.3. The maximum absolute atomic E-state index is 12.6. The van der Waals surface area contributed by atoms with Crippen molar-refractivity contribution in [3.05, 3.63) is 95.2 Å². The van der Waals surface area contributed by atoms with Crippen LogP contribution < -0.4 is 5.56 Å². The van der Waals surface area contributed by atoms with E-state index in [0.29, 0.717) is 22.5 Å². The molecule has 0 aliphatic carbocycles. The van der Waals surface area contributed by atoms with E-state index < -0.39 is 0 Å². The molecule has 0 saturated carbocycles. The minimum atomic E-state index is -0.212. The molecule has 2 aromatic heterocycles. The Morgan fingerprint density at radius 1 is 0.815 bits per heavy atom. The summed E-state index contributed by atoms with van der Waals surface area (Å²) < 4.78 is 0. The van der Waals surface area contributed by atoms with Crippen LogP contribution in [0, 0.1) is 11.3 Å². The second-order valence-corrected chi connectivity index (χ2v) is 5.91. The molecule has 5 heteroatoms. The van der Waals surface area contributed by atoms with Gasteiger partial charge in [0, 0.05) is 35.3 Å². The molecule has 4 aromatic rings. The largest absolute Gasteiger partial charge is 0.328 e. The van der Waals surface area contributed by atoms with Gasteiger partial charge in [-0.15, -0.1) is 0 Å². The number of aromatic amines is 1. The average Bonchev–Trinajstić information content (AvgIpc) is 2.75. The molecular formula is C22H14N4O. The number of nitrogens with one attached hydrogen (secondary N) is 1. The number of benzene rings is 2. The van der Waals surface area contributed by atoms with Gasteiger partial charge in [-0.05, 0) is 29.3 Å². The number of H-pyrrole nitrogens is 1. The first kappa shape index (κ1) is 16.4. The molecule has 0 amide bonds. The number of nitriles is 1. The smallest absolute Gasteiger partial charge is 0.255 e. The van der Waals surface area contributed by atoms with E-state index in [4.69, 9.17) is 0 Å². The van der Waals surface area contributed by atoms with Gasteiger partial charge in [-0.3, -0.25) is 4.79 Å². The molecule has 2 heterocycles. The Bertz CT molecular complexity index is 1210. The first-order valence-electron chi connectivity index (χ1n) is 8.37. The summed E-state index contributed by atoms with van der Waals surface area (Å²) in [4.78, 5) is 23.8. The summed E-state index contributed by atoms with van der Waals surface area (Å²) in [5, 5.41) is 9.45. The van der Waals surface area contributed by atoms with Gasteiger partial charge in [0.25, 0.3) is 5.56 Å². The molecule has 0 aliphatic heterocycles.